The Labute approximate surface area is 113 Å². The summed E-state index contributed by atoms with van der Waals surface area (Å²) in [7, 11) is 0. The molecule has 0 saturated heterocycles. The Morgan fingerprint density at radius 1 is 1.26 bits per heavy atom. The van der Waals surface area contributed by atoms with Gasteiger partial charge in [-0.15, -0.1) is 0 Å². The van der Waals surface area contributed by atoms with Crippen LogP contribution in [0.5, 0.6) is 0 Å². The maximum atomic E-state index is 13.0. The van der Waals surface area contributed by atoms with E-state index in [-0.39, 0.29) is 11.7 Å². The average Bonchev–Trinajstić information content (AvgIpc) is 3.27. The maximum Gasteiger partial charge on any atom is 0.220 e. The number of halogens is 1. The summed E-state index contributed by atoms with van der Waals surface area (Å²) in [5.74, 6) is 1.34. The largest absolute Gasteiger partial charge is 0.353 e. The first kappa shape index (κ1) is 12.6. The van der Waals surface area contributed by atoms with Gasteiger partial charge in [0.2, 0.25) is 5.91 Å². The minimum absolute atomic E-state index is 0.119. The molecule has 3 rings (SSSR count). The van der Waals surface area contributed by atoms with Crippen molar-refractivity contribution in [2.45, 2.75) is 44.6 Å². The number of hydrogen-bond donors (Lipinski definition) is 1. The summed E-state index contributed by atoms with van der Waals surface area (Å²) >= 11 is 0. The van der Waals surface area contributed by atoms with Crippen LogP contribution in [0.4, 0.5) is 4.39 Å². The highest BCUT2D eigenvalue weighted by Gasteiger charge is 2.41. The van der Waals surface area contributed by atoms with Crippen LogP contribution in [0.3, 0.4) is 0 Å². The monoisotopic (exact) mass is 261 g/mol. The summed E-state index contributed by atoms with van der Waals surface area (Å²) < 4.78 is 13.0. The molecule has 102 valence electrons. The molecule has 2 aliphatic carbocycles. The Morgan fingerprint density at radius 3 is 2.53 bits per heavy atom. The highest BCUT2D eigenvalue weighted by Crippen LogP contribution is 2.44. The standard InChI is InChI=1S/C16H20FNO/c17-14-3-1-2-11(10-14)4-9-15(19)18-16(12-5-6-12)13-7-8-13/h1-3,10,12-13,16H,4-9H2,(H,18,19). The third-order valence-corrected chi connectivity index (χ3v) is 4.12. The second-order valence-corrected chi connectivity index (χ2v) is 5.90. The molecule has 0 aliphatic heterocycles. The SMILES string of the molecule is O=C(CCc1cccc(F)c1)NC(C1CC1)C1CC1. The van der Waals surface area contributed by atoms with Crippen molar-refractivity contribution in [2.75, 3.05) is 0 Å². The molecule has 2 aliphatic rings. The Morgan fingerprint density at radius 2 is 1.95 bits per heavy atom. The second kappa shape index (κ2) is 5.32. The Balaban J connectivity index is 1.48. The fraction of sp³-hybridized carbons (Fsp3) is 0.562. The van der Waals surface area contributed by atoms with Gasteiger partial charge in [-0.25, -0.2) is 4.39 Å². The summed E-state index contributed by atoms with van der Waals surface area (Å²) in [6.45, 7) is 0. The molecule has 2 nitrogen and oxygen atoms in total. The van der Waals surface area contributed by atoms with E-state index in [2.05, 4.69) is 5.32 Å². The van der Waals surface area contributed by atoms with E-state index in [1.165, 1.54) is 37.8 Å². The van der Waals surface area contributed by atoms with Crippen LogP contribution >= 0.6 is 0 Å². The molecule has 0 radical (unpaired) electrons. The zero-order valence-corrected chi connectivity index (χ0v) is 11.1. The molecule has 1 amide bonds. The zero-order chi connectivity index (χ0) is 13.2. The van der Waals surface area contributed by atoms with Gasteiger partial charge >= 0.3 is 0 Å². The Bertz CT molecular complexity index is 454. The van der Waals surface area contributed by atoms with Gasteiger partial charge in [-0.2, -0.15) is 0 Å². The summed E-state index contributed by atoms with van der Waals surface area (Å²) in [5, 5.41) is 3.19. The molecule has 2 fully saturated rings. The Hall–Kier alpha value is -1.38. The zero-order valence-electron chi connectivity index (χ0n) is 11.1. The van der Waals surface area contributed by atoms with Crippen molar-refractivity contribution in [1.82, 2.24) is 5.32 Å². The van der Waals surface area contributed by atoms with Crippen LogP contribution in [0, 0.1) is 17.7 Å². The lowest BCUT2D eigenvalue weighted by Gasteiger charge is -2.17. The van der Waals surface area contributed by atoms with Crippen molar-refractivity contribution in [3.8, 4) is 0 Å². The van der Waals surface area contributed by atoms with Crippen LogP contribution in [-0.2, 0) is 11.2 Å². The van der Waals surface area contributed by atoms with Gasteiger partial charge < -0.3 is 5.32 Å². The molecule has 0 atom stereocenters. The van der Waals surface area contributed by atoms with Gasteiger partial charge in [-0.1, -0.05) is 12.1 Å². The lowest BCUT2D eigenvalue weighted by molar-refractivity contribution is -0.122. The first-order chi connectivity index (χ1) is 9.22. The molecule has 3 heteroatoms. The van der Waals surface area contributed by atoms with E-state index < -0.39 is 0 Å². The van der Waals surface area contributed by atoms with Crippen molar-refractivity contribution in [1.29, 1.82) is 0 Å². The van der Waals surface area contributed by atoms with E-state index >= 15 is 0 Å². The Kier molecular flexibility index (Phi) is 3.54. The molecule has 19 heavy (non-hydrogen) atoms. The highest BCUT2D eigenvalue weighted by molar-refractivity contribution is 5.76. The van der Waals surface area contributed by atoms with Crippen molar-refractivity contribution in [2.24, 2.45) is 11.8 Å². The number of hydrogen-bond acceptors (Lipinski definition) is 1. The molecule has 0 aromatic heterocycles. The summed E-state index contributed by atoms with van der Waals surface area (Å²) in [4.78, 5) is 12.0. The van der Waals surface area contributed by atoms with Crippen molar-refractivity contribution in [3.63, 3.8) is 0 Å². The van der Waals surface area contributed by atoms with E-state index in [1.54, 1.807) is 6.07 Å². The second-order valence-electron chi connectivity index (χ2n) is 5.90. The molecule has 0 heterocycles. The van der Waals surface area contributed by atoms with Gasteiger partial charge in [-0.3, -0.25) is 4.79 Å². The number of carbonyl (C=O) groups is 1. The quantitative estimate of drug-likeness (QED) is 0.837. The number of carbonyl (C=O) groups excluding carboxylic acids is 1. The van der Waals surface area contributed by atoms with Crippen LogP contribution in [0.25, 0.3) is 0 Å². The lowest BCUT2D eigenvalue weighted by atomic mass is 10.1. The third kappa shape index (κ3) is 3.55. The van der Waals surface area contributed by atoms with E-state index in [0.29, 0.717) is 18.9 Å². The minimum atomic E-state index is -0.230. The van der Waals surface area contributed by atoms with E-state index in [9.17, 15) is 9.18 Å². The molecule has 0 spiro atoms. The number of benzene rings is 1. The predicted molar refractivity (Wildman–Crippen MR) is 72.1 cm³/mol. The summed E-state index contributed by atoms with van der Waals surface area (Å²) in [5.41, 5.74) is 0.893. The molecular formula is C16H20FNO. The smallest absolute Gasteiger partial charge is 0.220 e. The normalized spacial score (nSPS) is 18.6. The van der Waals surface area contributed by atoms with E-state index in [1.807, 2.05) is 6.07 Å². The van der Waals surface area contributed by atoms with Crippen LogP contribution in [0.1, 0.15) is 37.7 Å². The molecule has 2 saturated carbocycles. The summed E-state index contributed by atoms with van der Waals surface area (Å²) in [6.07, 6.45) is 6.15. The van der Waals surface area contributed by atoms with Gasteiger partial charge in [0, 0.05) is 12.5 Å². The number of aryl methyl sites for hydroxylation is 1. The molecule has 0 bridgehead atoms. The van der Waals surface area contributed by atoms with Gasteiger partial charge in [-0.05, 0) is 61.6 Å². The van der Waals surface area contributed by atoms with Crippen LogP contribution in [-0.4, -0.2) is 11.9 Å². The van der Waals surface area contributed by atoms with Crippen molar-refractivity contribution < 1.29 is 9.18 Å². The van der Waals surface area contributed by atoms with E-state index in [0.717, 1.165) is 17.4 Å². The third-order valence-electron chi connectivity index (χ3n) is 4.12. The maximum absolute atomic E-state index is 13.0. The summed E-state index contributed by atoms with van der Waals surface area (Å²) in [6, 6.07) is 6.92. The molecule has 1 aromatic carbocycles. The van der Waals surface area contributed by atoms with Crippen LogP contribution in [0.15, 0.2) is 24.3 Å². The number of rotatable bonds is 6. The van der Waals surface area contributed by atoms with Crippen molar-refractivity contribution in [3.05, 3.63) is 35.6 Å². The molecule has 1 aromatic rings. The van der Waals surface area contributed by atoms with E-state index in [4.69, 9.17) is 0 Å². The topological polar surface area (TPSA) is 29.1 Å². The fourth-order valence-electron chi connectivity index (χ4n) is 2.74. The van der Waals surface area contributed by atoms with Gasteiger partial charge in [0.05, 0.1) is 0 Å². The van der Waals surface area contributed by atoms with Gasteiger partial charge in [0.25, 0.3) is 0 Å². The molecule has 0 unspecified atom stereocenters. The van der Waals surface area contributed by atoms with Gasteiger partial charge in [0.15, 0.2) is 0 Å². The number of amides is 1. The van der Waals surface area contributed by atoms with Crippen molar-refractivity contribution >= 4 is 5.91 Å². The lowest BCUT2D eigenvalue weighted by Crippen LogP contribution is -2.38. The minimum Gasteiger partial charge on any atom is -0.353 e. The van der Waals surface area contributed by atoms with Gasteiger partial charge in [0.1, 0.15) is 5.82 Å². The molecule has 1 N–H and O–H groups in total. The highest BCUT2D eigenvalue weighted by atomic mass is 19.1. The fourth-order valence-corrected chi connectivity index (χ4v) is 2.74. The first-order valence-electron chi connectivity index (χ1n) is 7.26. The first-order valence-corrected chi connectivity index (χ1v) is 7.26. The predicted octanol–water partition coefficient (Wildman–Crippen LogP) is 3.06. The van der Waals surface area contributed by atoms with Crippen LogP contribution < -0.4 is 5.32 Å². The van der Waals surface area contributed by atoms with Crippen LogP contribution in [0.2, 0.25) is 0 Å². The molecular weight excluding hydrogens is 241 g/mol. The average molecular weight is 261 g/mol. The number of nitrogens with one attached hydrogen (secondary N) is 1.